The summed E-state index contributed by atoms with van der Waals surface area (Å²) in [6.07, 6.45) is 0. The molecular formula is C11H14N2O. The first kappa shape index (κ1) is 9.24. The molecular weight excluding hydrogens is 176 g/mol. The lowest BCUT2D eigenvalue weighted by Crippen LogP contribution is -2.04. The van der Waals surface area contributed by atoms with E-state index in [-0.39, 0.29) is 12.6 Å². The summed E-state index contributed by atoms with van der Waals surface area (Å²) in [7, 11) is 0. The number of fused-ring (bicyclic) bond motifs is 1. The Morgan fingerprint density at radius 2 is 2.21 bits per heavy atom. The highest BCUT2D eigenvalue weighted by atomic mass is 16.3. The third-order valence-corrected chi connectivity index (χ3v) is 2.40. The second kappa shape index (κ2) is 3.44. The molecule has 1 aromatic carbocycles. The number of rotatable bonds is 2. The van der Waals surface area contributed by atoms with Crippen LogP contribution >= 0.6 is 0 Å². The summed E-state index contributed by atoms with van der Waals surface area (Å²) in [6.45, 7) is 2.00. The van der Waals surface area contributed by atoms with Gasteiger partial charge in [-0.05, 0) is 30.7 Å². The molecule has 0 radical (unpaired) electrons. The van der Waals surface area contributed by atoms with Crippen molar-refractivity contribution in [2.45, 2.75) is 19.6 Å². The Bertz CT molecular complexity index is 445. The van der Waals surface area contributed by atoms with Crippen molar-refractivity contribution in [2.75, 3.05) is 0 Å². The van der Waals surface area contributed by atoms with E-state index in [1.807, 2.05) is 25.1 Å². The Kier molecular flexibility index (Phi) is 2.27. The summed E-state index contributed by atoms with van der Waals surface area (Å²) in [5.41, 5.74) is 8.77. The van der Waals surface area contributed by atoms with Gasteiger partial charge < -0.3 is 15.8 Å². The first-order valence-corrected chi connectivity index (χ1v) is 4.68. The molecule has 0 spiro atoms. The Morgan fingerprint density at radius 1 is 1.43 bits per heavy atom. The van der Waals surface area contributed by atoms with E-state index in [0.29, 0.717) is 0 Å². The second-order valence-electron chi connectivity index (χ2n) is 3.59. The molecule has 0 saturated heterocycles. The standard InChI is InChI=1S/C11H14N2O/c1-7(12)8-2-3-11-9(4-8)5-10(6-14)13-11/h2-5,7,13-14H,6,12H2,1H3. The molecule has 0 fully saturated rings. The number of H-pyrrole nitrogens is 1. The van der Waals surface area contributed by atoms with Crippen molar-refractivity contribution in [1.29, 1.82) is 0 Å². The molecule has 0 aliphatic heterocycles. The van der Waals surface area contributed by atoms with Gasteiger partial charge >= 0.3 is 0 Å². The van der Waals surface area contributed by atoms with Crippen molar-refractivity contribution in [1.82, 2.24) is 4.98 Å². The first-order chi connectivity index (χ1) is 6.70. The van der Waals surface area contributed by atoms with Crippen LogP contribution in [0.5, 0.6) is 0 Å². The molecule has 0 bridgehead atoms. The average Bonchev–Trinajstić information content (AvgIpc) is 2.58. The minimum atomic E-state index is 0.0438. The van der Waals surface area contributed by atoms with Gasteiger partial charge in [-0.1, -0.05) is 6.07 Å². The molecule has 3 nitrogen and oxygen atoms in total. The highest BCUT2D eigenvalue weighted by Crippen LogP contribution is 2.20. The van der Waals surface area contributed by atoms with Crippen LogP contribution in [0.1, 0.15) is 24.2 Å². The molecule has 2 aromatic rings. The zero-order valence-corrected chi connectivity index (χ0v) is 8.12. The predicted molar refractivity (Wildman–Crippen MR) is 56.8 cm³/mol. The topological polar surface area (TPSA) is 62.0 Å². The van der Waals surface area contributed by atoms with E-state index < -0.39 is 0 Å². The number of aromatic nitrogens is 1. The number of hydrogen-bond donors (Lipinski definition) is 3. The van der Waals surface area contributed by atoms with E-state index in [1.54, 1.807) is 0 Å². The van der Waals surface area contributed by atoms with Crippen molar-refractivity contribution in [2.24, 2.45) is 5.73 Å². The summed E-state index contributed by atoms with van der Waals surface area (Å²) >= 11 is 0. The van der Waals surface area contributed by atoms with Gasteiger partial charge in [-0.15, -0.1) is 0 Å². The van der Waals surface area contributed by atoms with Crippen LogP contribution in [0.4, 0.5) is 0 Å². The van der Waals surface area contributed by atoms with Gasteiger partial charge in [0.15, 0.2) is 0 Å². The lowest BCUT2D eigenvalue weighted by atomic mass is 10.1. The molecule has 1 aromatic heterocycles. The fourth-order valence-electron chi connectivity index (χ4n) is 1.58. The molecule has 0 amide bonds. The van der Waals surface area contributed by atoms with Crippen LogP contribution in [0.25, 0.3) is 10.9 Å². The van der Waals surface area contributed by atoms with Crippen molar-refractivity contribution in [3.8, 4) is 0 Å². The molecule has 1 unspecified atom stereocenters. The first-order valence-electron chi connectivity index (χ1n) is 4.68. The highest BCUT2D eigenvalue weighted by molar-refractivity contribution is 5.81. The smallest absolute Gasteiger partial charge is 0.0831 e. The summed E-state index contributed by atoms with van der Waals surface area (Å²) in [6, 6.07) is 8.04. The minimum absolute atomic E-state index is 0.0438. The van der Waals surface area contributed by atoms with Gasteiger partial charge in [0.1, 0.15) is 0 Å². The Labute approximate surface area is 82.6 Å². The number of benzene rings is 1. The van der Waals surface area contributed by atoms with Crippen LogP contribution < -0.4 is 5.73 Å². The van der Waals surface area contributed by atoms with Crippen molar-refractivity contribution >= 4 is 10.9 Å². The maximum atomic E-state index is 8.96. The van der Waals surface area contributed by atoms with Gasteiger partial charge in [0.05, 0.1) is 6.61 Å². The number of nitrogens with one attached hydrogen (secondary N) is 1. The van der Waals surface area contributed by atoms with Gasteiger partial charge in [-0.25, -0.2) is 0 Å². The third kappa shape index (κ3) is 1.52. The number of hydrogen-bond acceptors (Lipinski definition) is 2. The fourth-order valence-corrected chi connectivity index (χ4v) is 1.58. The van der Waals surface area contributed by atoms with E-state index in [4.69, 9.17) is 10.8 Å². The van der Waals surface area contributed by atoms with Gasteiger partial charge in [0, 0.05) is 22.6 Å². The maximum absolute atomic E-state index is 8.96. The van der Waals surface area contributed by atoms with Crippen molar-refractivity contribution in [3.63, 3.8) is 0 Å². The molecule has 1 atom stereocenters. The molecule has 0 aliphatic rings. The van der Waals surface area contributed by atoms with Gasteiger partial charge in [0.2, 0.25) is 0 Å². The van der Waals surface area contributed by atoms with E-state index in [2.05, 4.69) is 11.1 Å². The number of aliphatic hydroxyl groups excluding tert-OH is 1. The summed E-state index contributed by atoms with van der Waals surface area (Å²) in [5.74, 6) is 0. The molecule has 3 heteroatoms. The number of aromatic amines is 1. The van der Waals surface area contributed by atoms with Gasteiger partial charge in [0.25, 0.3) is 0 Å². The van der Waals surface area contributed by atoms with E-state index >= 15 is 0 Å². The quantitative estimate of drug-likeness (QED) is 0.674. The Hall–Kier alpha value is -1.32. The Balaban J connectivity index is 2.54. The zero-order chi connectivity index (χ0) is 10.1. The minimum Gasteiger partial charge on any atom is -0.390 e. The highest BCUT2D eigenvalue weighted by Gasteiger charge is 2.03. The van der Waals surface area contributed by atoms with Gasteiger partial charge in [-0.3, -0.25) is 0 Å². The lowest BCUT2D eigenvalue weighted by molar-refractivity contribution is 0.278. The molecule has 0 saturated carbocycles. The number of nitrogens with two attached hydrogens (primary N) is 1. The normalized spacial score (nSPS) is 13.4. The van der Waals surface area contributed by atoms with Crippen LogP contribution in [-0.4, -0.2) is 10.1 Å². The summed E-state index contributed by atoms with van der Waals surface area (Å²) in [5, 5.41) is 10.1. The largest absolute Gasteiger partial charge is 0.390 e. The van der Waals surface area contributed by atoms with Crippen LogP contribution in [0.3, 0.4) is 0 Å². The van der Waals surface area contributed by atoms with Crippen molar-refractivity contribution < 1.29 is 5.11 Å². The SMILES string of the molecule is CC(N)c1ccc2[nH]c(CO)cc2c1. The van der Waals surface area contributed by atoms with Crippen LogP contribution in [0.2, 0.25) is 0 Å². The predicted octanol–water partition coefficient (Wildman–Crippen LogP) is 1.68. The molecule has 1 heterocycles. The monoisotopic (exact) mass is 190 g/mol. The summed E-state index contributed by atoms with van der Waals surface area (Å²) < 4.78 is 0. The van der Waals surface area contributed by atoms with E-state index in [0.717, 1.165) is 22.2 Å². The van der Waals surface area contributed by atoms with Crippen LogP contribution in [0.15, 0.2) is 24.3 Å². The third-order valence-electron chi connectivity index (χ3n) is 2.40. The van der Waals surface area contributed by atoms with Crippen LogP contribution in [-0.2, 0) is 6.61 Å². The van der Waals surface area contributed by atoms with Crippen LogP contribution in [0, 0.1) is 0 Å². The maximum Gasteiger partial charge on any atom is 0.0831 e. The van der Waals surface area contributed by atoms with E-state index in [9.17, 15) is 0 Å². The molecule has 74 valence electrons. The molecule has 2 rings (SSSR count). The second-order valence-corrected chi connectivity index (χ2v) is 3.59. The zero-order valence-electron chi connectivity index (χ0n) is 8.12. The average molecular weight is 190 g/mol. The van der Waals surface area contributed by atoms with Gasteiger partial charge in [-0.2, -0.15) is 0 Å². The number of aliphatic hydroxyl groups is 1. The Morgan fingerprint density at radius 3 is 2.86 bits per heavy atom. The molecule has 4 N–H and O–H groups in total. The molecule has 0 aliphatic carbocycles. The lowest BCUT2D eigenvalue weighted by Gasteiger charge is -2.04. The van der Waals surface area contributed by atoms with E-state index in [1.165, 1.54) is 0 Å². The fraction of sp³-hybridized carbons (Fsp3) is 0.273. The summed E-state index contributed by atoms with van der Waals surface area (Å²) in [4.78, 5) is 3.12. The molecule has 14 heavy (non-hydrogen) atoms. The van der Waals surface area contributed by atoms with Crippen molar-refractivity contribution in [3.05, 3.63) is 35.5 Å².